The molecule has 2 heterocycles. The largest absolute Gasteiger partial charge is 0.383 e. The van der Waals surface area contributed by atoms with E-state index < -0.39 is 0 Å². The van der Waals surface area contributed by atoms with Gasteiger partial charge in [-0.25, -0.2) is 14.4 Å². The van der Waals surface area contributed by atoms with Gasteiger partial charge >= 0.3 is 0 Å². The number of carbonyl (C=O) groups is 1. The highest BCUT2D eigenvalue weighted by atomic mass is 32.2. The first-order chi connectivity index (χ1) is 14.0. The first-order valence-electron chi connectivity index (χ1n) is 9.71. The predicted octanol–water partition coefficient (Wildman–Crippen LogP) is 3.99. The van der Waals surface area contributed by atoms with E-state index >= 15 is 0 Å². The number of anilines is 1. The van der Waals surface area contributed by atoms with Gasteiger partial charge in [-0.3, -0.25) is 4.79 Å². The lowest BCUT2D eigenvalue weighted by Gasteiger charge is -2.17. The summed E-state index contributed by atoms with van der Waals surface area (Å²) in [7, 11) is 0. The van der Waals surface area contributed by atoms with Crippen LogP contribution in [0.5, 0.6) is 0 Å². The average Bonchev–Trinajstić information content (AvgIpc) is 3.05. The molecule has 2 aromatic heterocycles. The summed E-state index contributed by atoms with van der Waals surface area (Å²) in [6, 6.07) is 6.30. The van der Waals surface area contributed by atoms with Crippen LogP contribution >= 0.6 is 23.1 Å². The Morgan fingerprint density at radius 3 is 2.93 bits per heavy atom. The van der Waals surface area contributed by atoms with Crippen LogP contribution in [0.3, 0.4) is 0 Å². The molecule has 29 heavy (non-hydrogen) atoms. The second-order valence-electron chi connectivity index (χ2n) is 7.44. The molecule has 0 fully saturated rings. The van der Waals surface area contributed by atoms with Gasteiger partial charge in [-0.15, -0.1) is 11.3 Å². The third-order valence-electron chi connectivity index (χ3n) is 5.14. The molecular weight excluding hydrogens is 407 g/mol. The summed E-state index contributed by atoms with van der Waals surface area (Å²) in [5.74, 6) is 1.10. The zero-order valence-corrected chi connectivity index (χ0v) is 17.8. The molecule has 1 unspecified atom stereocenters. The van der Waals surface area contributed by atoms with Crippen LogP contribution in [0.4, 0.5) is 10.2 Å². The number of thioether (sulfide) groups is 1. The van der Waals surface area contributed by atoms with Gasteiger partial charge in [0.05, 0.1) is 11.1 Å². The van der Waals surface area contributed by atoms with Gasteiger partial charge < -0.3 is 11.1 Å². The zero-order chi connectivity index (χ0) is 20.4. The van der Waals surface area contributed by atoms with E-state index in [0.717, 1.165) is 28.6 Å². The first kappa shape index (κ1) is 20.1. The van der Waals surface area contributed by atoms with Gasteiger partial charge in [0.2, 0.25) is 5.91 Å². The fourth-order valence-corrected chi connectivity index (χ4v) is 5.72. The number of hydrogen-bond donors (Lipinski definition) is 2. The molecule has 5 nitrogen and oxygen atoms in total. The SMILES string of the molecule is CC1CCc2c(sc3nc(SCC(=O)NCCc4ccc(F)cc4)nc(N)c23)C1. The van der Waals surface area contributed by atoms with Gasteiger partial charge in [0.25, 0.3) is 0 Å². The van der Waals surface area contributed by atoms with E-state index in [1.807, 2.05) is 0 Å². The molecule has 152 valence electrons. The monoisotopic (exact) mass is 430 g/mol. The van der Waals surface area contributed by atoms with Crippen molar-refractivity contribution in [2.45, 2.75) is 37.8 Å². The normalized spacial score (nSPS) is 16.0. The molecule has 0 radical (unpaired) electrons. The Morgan fingerprint density at radius 2 is 2.14 bits per heavy atom. The maximum Gasteiger partial charge on any atom is 0.230 e. The van der Waals surface area contributed by atoms with Crippen molar-refractivity contribution in [3.05, 3.63) is 46.1 Å². The molecule has 8 heteroatoms. The van der Waals surface area contributed by atoms with E-state index in [1.54, 1.807) is 23.5 Å². The number of hydrogen-bond acceptors (Lipinski definition) is 6. The minimum Gasteiger partial charge on any atom is -0.383 e. The fraction of sp³-hybridized carbons (Fsp3) is 0.381. The molecule has 4 rings (SSSR count). The second-order valence-corrected chi connectivity index (χ2v) is 9.46. The number of halogens is 1. The van der Waals surface area contributed by atoms with E-state index in [1.165, 1.54) is 40.8 Å². The summed E-state index contributed by atoms with van der Waals surface area (Å²) < 4.78 is 12.9. The van der Waals surface area contributed by atoms with Crippen LogP contribution < -0.4 is 11.1 Å². The molecule has 1 atom stereocenters. The molecule has 1 aliphatic rings. The number of rotatable bonds is 6. The molecule has 0 bridgehead atoms. The molecule has 0 spiro atoms. The van der Waals surface area contributed by atoms with Crippen molar-refractivity contribution < 1.29 is 9.18 Å². The molecular formula is C21H23FN4OS2. The Morgan fingerprint density at radius 1 is 1.34 bits per heavy atom. The Balaban J connectivity index is 1.34. The van der Waals surface area contributed by atoms with E-state index in [4.69, 9.17) is 5.73 Å². The molecule has 1 aliphatic carbocycles. The number of fused-ring (bicyclic) bond motifs is 3. The number of carbonyl (C=O) groups excluding carboxylic acids is 1. The van der Waals surface area contributed by atoms with Gasteiger partial charge in [-0.05, 0) is 54.9 Å². The van der Waals surface area contributed by atoms with Crippen molar-refractivity contribution in [3.63, 3.8) is 0 Å². The predicted molar refractivity (Wildman–Crippen MR) is 117 cm³/mol. The van der Waals surface area contributed by atoms with Crippen molar-refractivity contribution in [2.24, 2.45) is 5.92 Å². The van der Waals surface area contributed by atoms with Crippen LogP contribution in [0.25, 0.3) is 10.2 Å². The van der Waals surface area contributed by atoms with Crippen LogP contribution in [0.1, 0.15) is 29.3 Å². The van der Waals surface area contributed by atoms with Gasteiger partial charge in [0.15, 0.2) is 5.16 Å². The summed E-state index contributed by atoms with van der Waals surface area (Å²) >= 11 is 3.00. The van der Waals surface area contributed by atoms with E-state index in [0.29, 0.717) is 29.9 Å². The minimum absolute atomic E-state index is 0.0846. The fourth-order valence-electron chi connectivity index (χ4n) is 3.59. The Kier molecular flexibility index (Phi) is 6.01. The summed E-state index contributed by atoms with van der Waals surface area (Å²) in [6.45, 7) is 2.78. The number of benzene rings is 1. The van der Waals surface area contributed by atoms with Crippen molar-refractivity contribution in [1.82, 2.24) is 15.3 Å². The number of thiophene rings is 1. The topological polar surface area (TPSA) is 80.9 Å². The minimum atomic E-state index is -0.258. The summed E-state index contributed by atoms with van der Waals surface area (Å²) in [5, 5.41) is 4.42. The van der Waals surface area contributed by atoms with Crippen LogP contribution in [-0.2, 0) is 24.1 Å². The molecule has 0 saturated carbocycles. The van der Waals surface area contributed by atoms with Gasteiger partial charge in [-0.2, -0.15) is 0 Å². The van der Waals surface area contributed by atoms with Gasteiger partial charge in [-0.1, -0.05) is 30.8 Å². The average molecular weight is 431 g/mol. The van der Waals surface area contributed by atoms with E-state index in [2.05, 4.69) is 22.2 Å². The molecule has 0 aliphatic heterocycles. The summed E-state index contributed by atoms with van der Waals surface area (Å²) in [6.07, 6.45) is 3.94. The maximum atomic E-state index is 12.9. The van der Waals surface area contributed by atoms with Crippen LogP contribution in [-0.4, -0.2) is 28.2 Å². The van der Waals surface area contributed by atoms with Crippen LogP contribution in [0, 0.1) is 11.7 Å². The highest BCUT2D eigenvalue weighted by molar-refractivity contribution is 7.99. The third-order valence-corrected chi connectivity index (χ3v) is 7.14. The number of nitrogen functional groups attached to an aromatic ring is 1. The zero-order valence-electron chi connectivity index (χ0n) is 16.2. The van der Waals surface area contributed by atoms with E-state index in [9.17, 15) is 9.18 Å². The first-order valence-corrected chi connectivity index (χ1v) is 11.5. The smallest absolute Gasteiger partial charge is 0.230 e. The number of aromatic nitrogens is 2. The highest BCUT2D eigenvalue weighted by Gasteiger charge is 2.23. The van der Waals surface area contributed by atoms with Gasteiger partial charge in [0.1, 0.15) is 16.5 Å². The lowest BCUT2D eigenvalue weighted by atomic mass is 9.89. The molecule has 1 amide bonds. The number of amides is 1. The molecule has 3 aromatic rings. The maximum absolute atomic E-state index is 12.9. The number of aryl methyl sites for hydroxylation is 1. The van der Waals surface area contributed by atoms with Crippen LogP contribution in [0.2, 0.25) is 0 Å². The third kappa shape index (κ3) is 4.70. The molecule has 0 saturated heterocycles. The number of nitrogens with one attached hydrogen (secondary N) is 1. The number of nitrogens with zero attached hydrogens (tertiary/aromatic N) is 2. The van der Waals surface area contributed by atoms with Crippen molar-refractivity contribution in [1.29, 1.82) is 0 Å². The highest BCUT2D eigenvalue weighted by Crippen LogP contribution is 2.39. The van der Waals surface area contributed by atoms with Gasteiger partial charge in [0, 0.05) is 11.4 Å². The second kappa shape index (κ2) is 8.67. The van der Waals surface area contributed by atoms with Crippen molar-refractivity contribution >= 4 is 45.0 Å². The lowest BCUT2D eigenvalue weighted by Crippen LogP contribution is -2.27. The standard InChI is InChI=1S/C21H23FN4OS2/c1-12-2-7-15-16(10-12)29-20-18(15)19(23)25-21(26-20)28-11-17(27)24-9-8-13-3-5-14(22)6-4-13/h3-6,12H,2,7-11H2,1H3,(H,24,27)(H2,23,25,26). The summed E-state index contributed by atoms with van der Waals surface area (Å²) in [4.78, 5) is 23.5. The molecule has 1 aromatic carbocycles. The Labute approximate surface area is 177 Å². The molecule has 3 N–H and O–H groups in total. The Bertz CT molecular complexity index is 1040. The quantitative estimate of drug-likeness (QED) is 0.457. The summed E-state index contributed by atoms with van der Waals surface area (Å²) in [5.41, 5.74) is 8.54. The number of nitrogens with two attached hydrogens (primary N) is 1. The van der Waals surface area contributed by atoms with E-state index in [-0.39, 0.29) is 17.5 Å². The lowest BCUT2D eigenvalue weighted by molar-refractivity contribution is -0.118. The van der Waals surface area contributed by atoms with Crippen molar-refractivity contribution in [3.8, 4) is 0 Å². The van der Waals surface area contributed by atoms with Crippen LogP contribution in [0.15, 0.2) is 29.4 Å². The Hall–Kier alpha value is -2.19. The van der Waals surface area contributed by atoms with Crippen molar-refractivity contribution in [2.75, 3.05) is 18.0 Å².